The van der Waals surface area contributed by atoms with Gasteiger partial charge in [0.05, 0.1) is 11.6 Å². The van der Waals surface area contributed by atoms with E-state index in [1.54, 1.807) is 24.4 Å². The normalized spacial score (nSPS) is 20.0. The number of pyridine rings is 1. The van der Waals surface area contributed by atoms with E-state index in [-0.39, 0.29) is 17.8 Å². The van der Waals surface area contributed by atoms with Crippen LogP contribution in [-0.2, 0) is 4.74 Å². The van der Waals surface area contributed by atoms with Crippen molar-refractivity contribution in [3.05, 3.63) is 54.1 Å². The molecular formula is C18H15FN2O2. The molecule has 116 valence electrons. The SMILES string of the molecule is N#CC1CCC(OC(=O)c2cncc(-c3ccc(F)cc3)c2)C1. The second-order valence-corrected chi connectivity index (χ2v) is 5.64. The number of aromatic nitrogens is 1. The van der Waals surface area contributed by atoms with Crippen LogP contribution in [0.2, 0.25) is 0 Å². The zero-order chi connectivity index (χ0) is 16.2. The maximum absolute atomic E-state index is 13.0. The van der Waals surface area contributed by atoms with Gasteiger partial charge in [0, 0.05) is 30.3 Å². The Labute approximate surface area is 133 Å². The summed E-state index contributed by atoms with van der Waals surface area (Å²) < 4.78 is 18.4. The van der Waals surface area contributed by atoms with Crippen LogP contribution < -0.4 is 0 Å². The van der Waals surface area contributed by atoms with Gasteiger partial charge in [0.1, 0.15) is 11.9 Å². The van der Waals surface area contributed by atoms with Crippen LogP contribution in [0.5, 0.6) is 0 Å². The van der Waals surface area contributed by atoms with Gasteiger partial charge in [-0.1, -0.05) is 12.1 Å². The molecule has 0 spiro atoms. The van der Waals surface area contributed by atoms with E-state index in [1.807, 2.05) is 0 Å². The fraction of sp³-hybridized carbons (Fsp3) is 0.278. The Hall–Kier alpha value is -2.74. The lowest BCUT2D eigenvalue weighted by Crippen LogP contribution is -2.15. The third-order valence-electron chi connectivity index (χ3n) is 3.99. The van der Waals surface area contributed by atoms with Crippen LogP contribution in [-0.4, -0.2) is 17.1 Å². The summed E-state index contributed by atoms with van der Waals surface area (Å²) in [5.41, 5.74) is 1.85. The Morgan fingerprint density at radius 2 is 2.00 bits per heavy atom. The van der Waals surface area contributed by atoms with Crippen molar-refractivity contribution in [2.45, 2.75) is 25.4 Å². The predicted octanol–water partition coefficient (Wildman–Crippen LogP) is 3.74. The first-order valence-corrected chi connectivity index (χ1v) is 7.47. The first-order valence-electron chi connectivity index (χ1n) is 7.47. The lowest BCUT2D eigenvalue weighted by Gasteiger charge is -2.12. The van der Waals surface area contributed by atoms with Gasteiger partial charge in [0.15, 0.2) is 0 Å². The number of hydrogen-bond acceptors (Lipinski definition) is 4. The molecule has 0 saturated heterocycles. The predicted molar refractivity (Wildman–Crippen MR) is 81.8 cm³/mol. The Balaban J connectivity index is 1.73. The number of carbonyl (C=O) groups excluding carboxylic acids is 1. The molecule has 4 nitrogen and oxygen atoms in total. The number of nitrogens with zero attached hydrogens (tertiary/aromatic N) is 2. The molecule has 1 aromatic heterocycles. The van der Waals surface area contributed by atoms with Crippen molar-refractivity contribution in [1.29, 1.82) is 5.26 Å². The van der Waals surface area contributed by atoms with Crippen molar-refractivity contribution in [3.8, 4) is 17.2 Å². The summed E-state index contributed by atoms with van der Waals surface area (Å²) in [6.07, 6.45) is 4.93. The molecule has 3 rings (SSSR count). The minimum atomic E-state index is -0.440. The van der Waals surface area contributed by atoms with Crippen LogP contribution >= 0.6 is 0 Å². The Morgan fingerprint density at radius 3 is 2.70 bits per heavy atom. The lowest BCUT2D eigenvalue weighted by molar-refractivity contribution is 0.0313. The Kier molecular flexibility index (Phi) is 4.33. The van der Waals surface area contributed by atoms with Crippen molar-refractivity contribution >= 4 is 5.97 Å². The van der Waals surface area contributed by atoms with E-state index in [0.717, 1.165) is 24.0 Å². The van der Waals surface area contributed by atoms with E-state index in [0.29, 0.717) is 12.0 Å². The molecule has 1 aliphatic carbocycles. The quantitative estimate of drug-likeness (QED) is 0.810. The van der Waals surface area contributed by atoms with Gasteiger partial charge in [-0.3, -0.25) is 4.98 Å². The molecule has 1 aromatic carbocycles. The molecule has 5 heteroatoms. The lowest BCUT2D eigenvalue weighted by atomic mass is 10.1. The molecular weight excluding hydrogens is 295 g/mol. The monoisotopic (exact) mass is 310 g/mol. The largest absolute Gasteiger partial charge is 0.459 e. The number of ether oxygens (including phenoxy) is 1. The van der Waals surface area contributed by atoms with E-state index in [9.17, 15) is 9.18 Å². The van der Waals surface area contributed by atoms with E-state index >= 15 is 0 Å². The Morgan fingerprint density at radius 1 is 1.22 bits per heavy atom. The van der Waals surface area contributed by atoms with Gasteiger partial charge < -0.3 is 4.74 Å². The average Bonchev–Trinajstić information content (AvgIpc) is 3.03. The summed E-state index contributed by atoms with van der Waals surface area (Å²) >= 11 is 0. The standard InChI is InChI=1S/C18H15FN2O2/c19-16-4-2-13(3-5-16)14-8-15(11-21-10-14)18(22)23-17-6-1-12(7-17)9-20/h2-5,8,10-12,17H,1,6-7H2. The van der Waals surface area contributed by atoms with Crippen LogP contribution in [0, 0.1) is 23.1 Å². The molecule has 0 radical (unpaired) electrons. The summed E-state index contributed by atoms with van der Waals surface area (Å²) in [5.74, 6) is -0.785. The molecule has 2 unspecified atom stereocenters. The van der Waals surface area contributed by atoms with E-state index in [1.165, 1.54) is 18.3 Å². The van der Waals surface area contributed by atoms with Crippen molar-refractivity contribution in [3.63, 3.8) is 0 Å². The summed E-state index contributed by atoms with van der Waals surface area (Å²) in [4.78, 5) is 16.3. The third-order valence-corrected chi connectivity index (χ3v) is 3.99. The van der Waals surface area contributed by atoms with Gasteiger partial charge in [-0.2, -0.15) is 5.26 Å². The molecule has 1 aliphatic rings. The number of benzene rings is 1. The van der Waals surface area contributed by atoms with Crippen molar-refractivity contribution in [2.75, 3.05) is 0 Å². The molecule has 23 heavy (non-hydrogen) atoms. The van der Waals surface area contributed by atoms with Crippen molar-refractivity contribution < 1.29 is 13.9 Å². The molecule has 0 N–H and O–H groups in total. The second-order valence-electron chi connectivity index (χ2n) is 5.64. The highest BCUT2D eigenvalue weighted by molar-refractivity contribution is 5.90. The third kappa shape index (κ3) is 3.54. The number of esters is 1. The molecule has 0 aliphatic heterocycles. The number of halogens is 1. The summed E-state index contributed by atoms with van der Waals surface area (Å²) in [6.45, 7) is 0. The number of nitriles is 1. The van der Waals surface area contributed by atoms with Gasteiger partial charge in [-0.15, -0.1) is 0 Å². The maximum atomic E-state index is 13.0. The van der Waals surface area contributed by atoms with Gasteiger partial charge in [0.2, 0.25) is 0 Å². The highest BCUT2D eigenvalue weighted by Crippen LogP contribution is 2.28. The minimum Gasteiger partial charge on any atom is -0.459 e. The molecule has 2 aromatic rings. The Bertz CT molecular complexity index is 752. The summed E-state index contributed by atoms with van der Waals surface area (Å²) in [5, 5.41) is 8.89. The fourth-order valence-corrected chi connectivity index (χ4v) is 2.74. The molecule has 1 heterocycles. The fourth-order valence-electron chi connectivity index (χ4n) is 2.74. The molecule has 0 amide bonds. The van der Waals surface area contributed by atoms with Crippen molar-refractivity contribution in [2.24, 2.45) is 5.92 Å². The van der Waals surface area contributed by atoms with E-state index in [4.69, 9.17) is 10.00 Å². The number of carbonyl (C=O) groups is 1. The number of hydrogen-bond donors (Lipinski definition) is 0. The zero-order valence-corrected chi connectivity index (χ0v) is 12.4. The maximum Gasteiger partial charge on any atom is 0.339 e. The van der Waals surface area contributed by atoms with Crippen molar-refractivity contribution in [1.82, 2.24) is 4.98 Å². The summed E-state index contributed by atoms with van der Waals surface area (Å²) in [6, 6.07) is 9.88. The van der Waals surface area contributed by atoms with Gasteiger partial charge in [-0.05, 0) is 36.6 Å². The smallest absolute Gasteiger partial charge is 0.339 e. The molecule has 1 fully saturated rings. The van der Waals surface area contributed by atoms with E-state index in [2.05, 4.69) is 11.1 Å². The van der Waals surface area contributed by atoms with Crippen LogP contribution in [0.15, 0.2) is 42.7 Å². The zero-order valence-electron chi connectivity index (χ0n) is 12.4. The van der Waals surface area contributed by atoms with Crippen LogP contribution in [0.25, 0.3) is 11.1 Å². The topological polar surface area (TPSA) is 63.0 Å². The highest BCUT2D eigenvalue weighted by atomic mass is 19.1. The van der Waals surface area contributed by atoms with Crippen LogP contribution in [0.3, 0.4) is 0 Å². The summed E-state index contributed by atoms with van der Waals surface area (Å²) in [7, 11) is 0. The average molecular weight is 310 g/mol. The molecule has 2 atom stereocenters. The van der Waals surface area contributed by atoms with Crippen LogP contribution in [0.4, 0.5) is 4.39 Å². The molecule has 0 bridgehead atoms. The van der Waals surface area contributed by atoms with Crippen LogP contribution in [0.1, 0.15) is 29.6 Å². The van der Waals surface area contributed by atoms with Gasteiger partial charge in [-0.25, -0.2) is 9.18 Å². The number of rotatable bonds is 3. The van der Waals surface area contributed by atoms with E-state index < -0.39 is 5.97 Å². The second kappa shape index (κ2) is 6.57. The first-order chi connectivity index (χ1) is 11.2. The van der Waals surface area contributed by atoms with Gasteiger partial charge >= 0.3 is 5.97 Å². The molecule has 1 saturated carbocycles. The first kappa shape index (κ1) is 15.2. The highest BCUT2D eigenvalue weighted by Gasteiger charge is 2.27. The minimum absolute atomic E-state index is 0.0310. The van der Waals surface area contributed by atoms with Gasteiger partial charge in [0.25, 0.3) is 0 Å².